The molecule has 3 aromatic heterocycles. The van der Waals surface area contributed by atoms with Crippen molar-refractivity contribution >= 4 is 55.3 Å². The number of thiophene rings is 1. The van der Waals surface area contributed by atoms with Gasteiger partial charge in [-0.25, -0.2) is 9.97 Å². The lowest BCUT2D eigenvalue weighted by molar-refractivity contribution is -0.144. The Labute approximate surface area is 215 Å². The number of thiazole rings is 1. The predicted molar refractivity (Wildman–Crippen MR) is 146 cm³/mol. The molecule has 4 aromatic rings. The molecule has 9 heteroatoms. The van der Waals surface area contributed by atoms with Gasteiger partial charge in [0.25, 0.3) is 0 Å². The van der Waals surface area contributed by atoms with Gasteiger partial charge in [-0.2, -0.15) is 0 Å². The predicted octanol–water partition coefficient (Wildman–Crippen LogP) is 6.59. The summed E-state index contributed by atoms with van der Waals surface area (Å²) in [5.41, 5.74) is 10.6. The van der Waals surface area contributed by atoms with Gasteiger partial charge in [0.05, 0.1) is 16.5 Å². The summed E-state index contributed by atoms with van der Waals surface area (Å²) in [6, 6.07) is 9.84. The van der Waals surface area contributed by atoms with Gasteiger partial charge in [0.1, 0.15) is 26.3 Å². The first-order valence-corrected chi connectivity index (χ1v) is 14.4. The van der Waals surface area contributed by atoms with Crippen LogP contribution in [0.2, 0.25) is 0 Å². The standard InChI is InChI=1S/C26H27N3O3S3/c1-3-5-7-21(30)32-16-17-8-10-18(11-9-17)19-15-20(24-28-12-13-33-24)29-25-22(19)23(27)26(34-25)35(31)14-6-4-2/h3,8-13,15H,1,4-7,14,16,27H2,2H3. The normalized spacial score (nSPS) is 12.0. The van der Waals surface area contributed by atoms with E-state index in [1.807, 2.05) is 35.7 Å². The van der Waals surface area contributed by atoms with Crippen molar-refractivity contribution in [1.29, 1.82) is 0 Å². The fourth-order valence-corrected chi connectivity index (χ4v) is 6.95. The summed E-state index contributed by atoms with van der Waals surface area (Å²) in [6.07, 6.45) is 6.24. The van der Waals surface area contributed by atoms with Gasteiger partial charge in [0.2, 0.25) is 0 Å². The number of allylic oxidation sites excluding steroid dienone is 1. The Morgan fingerprint density at radius 2 is 2.09 bits per heavy atom. The van der Waals surface area contributed by atoms with Gasteiger partial charge < -0.3 is 10.5 Å². The molecule has 0 spiro atoms. The first-order valence-electron chi connectivity index (χ1n) is 11.4. The molecule has 4 rings (SSSR count). The van der Waals surface area contributed by atoms with Crippen molar-refractivity contribution in [2.75, 3.05) is 11.5 Å². The van der Waals surface area contributed by atoms with Crippen molar-refractivity contribution in [3.05, 3.63) is 60.1 Å². The third-order valence-electron chi connectivity index (χ3n) is 5.42. The highest BCUT2D eigenvalue weighted by atomic mass is 32.2. The van der Waals surface area contributed by atoms with E-state index in [1.54, 1.807) is 12.3 Å². The molecule has 0 radical (unpaired) electrons. The van der Waals surface area contributed by atoms with Gasteiger partial charge >= 0.3 is 5.97 Å². The number of nitrogen functional groups attached to an aromatic ring is 1. The lowest BCUT2D eigenvalue weighted by Gasteiger charge is -2.09. The first kappa shape index (κ1) is 25.2. The number of hydrogen-bond donors (Lipinski definition) is 1. The van der Waals surface area contributed by atoms with Crippen molar-refractivity contribution in [3.63, 3.8) is 0 Å². The van der Waals surface area contributed by atoms with Gasteiger partial charge in [-0.05, 0) is 35.6 Å². The molecule has 6 nitrogen and oxygen atoms in total. The maximum Gasteiger partial charge on any atom is 0.306 e. The molecule has 3 heterocycles. The number of carbonyl (C=O) groups is 1. The number of carbonyl (C=O) groups excluding carboxylic acids is 1. The molecule has 0 saturated carbocycles. The minimum absolute atomic E-state index is 0.216. The van der Waals surface area contributed by atoms with Crippen LogP contribution in [0.3, 0.4) is 0 Å². The summed E-state index contributed by atoms with van der Waals surface area (Å²) in [7, 11) is -1.16. The minimum Gasteiger partial charge on any atom is -0.461 e. The Bertz CT molecular complexity index is 1350. The summed E-state index contributed by atoms with van der Waals surface area (Å²) in [5.74, 6) is 0.343. The number of anilines is 1. The highest BCUT2D eigenvalue weighted by molar-refractivity contribution is 7.87. The van der Waals surface area contributed by atoms with Gasteiger partial charge in [0, 0.05) is 29.1 Å². The Morgan fingerprint density at radius 3 is 2.77 bits per heavy atom. The van der Waals surface area contributed by atoms with Crippen LogP contribution in [0.5, 0.6) is 0 Å². The van der Waals surface area contributed by atoms with Gasteiger partial charge in [0.15, 0.2) is 0 Å². The van der Waals surface area contributed by atoms with E-state index in [4.69, 9.17) is 15.5 Å². The maximum atomic E-state index is 12.9. The molecule has 0 amide bonds. The van der Waals surface area contributed by atoms with E-state index in [-0.39, 0.29) is 12.6 Å². The van der Waals surface area contributed by atoms with Crippen LogP contribution in [-0.4, -0.2) is 25.9 Å². The number of nitrogens with two attached hydrogens (primary N) is 1. The van der Waals surface area contributed by atoms with Crippen LogP contribution in [0.4, 0.5) is 5.69 Å². The molecule has 0 saturated heterocycles. The molecule has 1 aromatic carbocycles. The third kappa shape index (κ3) is 5.86. The number of pyridine rings is 1. The van der Waals surface area contributed by atoms with Crippen LogP contribution < -0.4 is 5.73 Å². The van der Waals surface area contributed by atoms with Crippen LogP contribution >= 0.6 is 22.7 Å². The zero-order valence-corrected chi connectivity index (χ0v) is 21.9. The smallest absolute Gasteiger partial charge is 0.306 e. The number of aromatic nitrogens is 2. The Morgan fingerprint density at radius 1 is 1.29 bits per heavy atom. The molecule has 35 heavy (non-hydrogen) atoms. The van der Waals surface area contributed by atoms with Crippen LogP contribution in [0.15, 0.2) is 58.8 Å². The van der Waals surface area contributed by atoms with Crippen molar-refractivity contribution in [3.8, 4) is 21.8 Å². The summed E-state index contributed by atoms with van der Waals surface area (Å²) in [5, 5.41) is 3.55. The lowest BCUT2D eigenvalue weighted by Crippen LogP contribution is -2.03. The van der Waals surface area contributed by atoms with Gasteiger partial charge in [-0.3, -0.25) is 9.00 Å². The zero-order chi connectivity index (χ0) is 24.8. The highest BCUT2D eigenvalue weighted by Crippen LogP contribution is 2.43. The van der Waals surface area contributed by atoms with Crippen molar-refractivity contribution < 1.29 is 13.7 Å². The number of rotatable bonds is 11. The second-order valence-corrected chi connectivity index (χ2v) is 11.6. The Balaban J connectivity index is 1.71. The number of hydrogen-bond acceptors (Lipinski definition) is 8. The van der Waals surface area contributed by atoms with Crippen LogP contribution in [0.1, 0.15) is 38.2 Å². The number of benzene rings is 1. The van der Waals surface area contributed by atoms with E-state index in [1.165, 1.54) is 22.7 Å². The van der Waals surface area contributed by atoms with Crippen molar-refractivity contribution in [2.45, 2.75) is 43.4 Å². The Kier molecular flexibility index (Phi) is 8.43. The lowest BCUT2D eigenvalue weighted by atomic mass is 10.0. The summed E-state index contributed by atoms with van der Waals surface area (Å²) in [6.45, 7) is 5.92. The number of fused-ring (bicyclic) bond motifs is 1. The van der Waals surface area contributed by atoms with Crippen LogP contribution in [0, 0.1) is 0 Å². The number of nitrogens with zero attached hydrogens (tertiary/aromatic N) is 2. The van der Waals surface area contributed by atoms with Crippen molar-refractivity contribution in [2.24, 2.45) is 0 Å². The summed E-state index contributed by atoms with van der Waals surface area (Å²) < 4.78 is 19.0. The van der Waals surface area contributed by atoms with Crippen LogP contribution in [-0.2, 0) is 26.9 Å². The number of unbranched alkanes of at least 4 members (excludes halogenated alkanes) is 1. The van der Waals surface area contributed by atoms with E-state index in [9.17, 15) is 9.00 Å². The minimum atomic E-state index is -1.16. The molecule has 2 N–H and O–H groups in total. The van der Waals surface area contributed by atoms with E-state index >= 15 is 0 Å². The molecule has 0 aliphatic carbocycles. The van der Waals surface area contributed by atoms with Crippen LogP contribution in [0.25, 0.3) is 32.0 Å². The van der Waals surface area contributed by atoms with E-state index in [0.717, 1.165) is 50.5 Å². The second kappa shape index (κ2) is 11.7. The fraction of sp³-hybridized carbons (Fsp3) is 0.269. The molecule has 182 valence electrons. The quantitative estimate of drug-likeness (QED) is 0.175. The summed E-state index contributed by atoms with van der Waals surface area (Å²) >= 11 is 2.92. The topological polar surface area (TPSA) is 95.2 Å². The van der Waals surface area contributed by atoms with Gasteiger partial charge in [-0.15, -0.1) is 29.3 Å². The van der Waals surface area contributed by atoms with E-state index in [0.29, 0.717) is 28.5 Å². The highest BCUT2D eigenvalue weighted by Gasteiger charge is 2.21. The average molecular weight is 526 g/mol. The molecule has 0 fully saturated rings. The first-order chi connectivity index (χ1) is 17.0. The number of esters is 1. The van der Waals surface area contributed by atoms with E-state index < -0.39 is 10.8 Å². The van der Waals surface area contributed by atoms with Crippen molar-refractivity contribution in [1.82, 2.24) is 9.97 Å². The summed E-state index contributed by atoms with van der Waals surface area (Å²) in [4.78, 5) is 21.8. The second-order valence-electron chi connectivity index (χ2n) is 7.96. The Hall–Kier alpha value is -2.88. The molecule has 1 unspecified atom stereocenters. The zero-order valence-electron chi connectivity index (χ0n) is 19.5. The fourth-order valence-electron chi connectivity index (χ4n) is 3.56. The molecule has 0 aliphatic rings. The number of ether oxygens (including phenoxy) is 1. The molecular formula is C26H27N3O3S3. The molecule has 0 bridgehead atoms. The molecule has 0 aliphatic heterocycles. The molecule has 1 atom stereocenters. The third-order valence-corrected chi connectivity index (χ3v) is 9.21. The average Bonchev–Trinajstić information content (AvgIpc) is 3.53. The largest absolute Gasteiger partial charge is 0.461 e. The SMILES string of the molecule is C=CCCC(=O)OCc1ccc(-c2cc(-c3nccs3)nc3sc(S(=O)CCCC)c(N)c23)cc1. The molecular weight excluding hydrogens is 499 g/mol. The maximum absolute atomic E-state index is 12.9. The monoisotopic (exact) mass is 525 g/mol. The van der Waals surface area contributed by atoms with Gasteiger partial charge in [-0.1, -0.05) is 43.7 Å². The van der Waals surface area contributed by atoms with E-state index in [2.05, 4.69) is 18.5 Å².